The normalized spacial score (nSPS) is 13.3. The Bertz CT molecular complexity index is 1030. The van der Waals surface area contributed by atoms with Crippen molar-refractivity contribution in [3.8, 4) is 0 Å². The molecule has 0 saturated heterocycles. The number of amides is 1. The molecule has 0 aromatic heterocycles. The average Bonchev–Trinajstić information content (AvgIpc) is 2.85. The van der Waals surface area contributed by atoms with E-state index in [1.807, 2.05) is 24.3 Å². The second-order valence-electron chi connectivity index (χ2n) is 8.96. The first-order valence-electron chi connectivity index (χ1n) is 12.5. The number of hydrogen-bond donors (Lipinski definition) is 4. The molecule has 2 unspecified atom stereocenters. The topological polar surface area (TPSA) is 164 Å². The van der Waals surface area contributed by atoms with Gasteiger partial charge < -0.3 is 34.9 Å². The predicted octanol–water partition coefficient (Wildman–Crippen LogP) is -2.33. The number of nitrogens with one attached hydrogen (secondary N) is 2. The van der Waals surface area contributed by atoms with Crippen molar-refractivity contribution in [1.29, 1.82) is 0 Å². The van der Waals surface area contributed by atoms with Crippen molar-refractivity contribution in [1.82, 2.24) is 0 Å². The fourth-order valence-corrected chi connectivity index (χ4v) is 3.98. The maximum atomic E-state index is 13.2. The summed E-state index contributed by atoms with van der Waals surface area (Å²) >= 11 is 0. The van der Waals surface area contributed by atoms with E-state index in [0.29, 0.717) is 0 Å². The zero-order valence-corrected chi connectivity index (χ0v) is 21.7. The Morgan fingerprint density at radius 2 is 1.49 bits per heavy atom. The molecule has 0 aliphatic heterocycles. The Balaban J connectivity index is 0.000000448. The monoisotopic (exact) mass is 518 g/mol. The molecule has 2 rings (SSSR count). The van der Waals surface area contributed by atoms with Gasteiger partial charge in [0, 0.05) is 12.4 Å². The van der Waals surface area contributed by atoms with E-state index in [9.17, 15) is 29.4 Å². The molecule has 0 saturated carbocycles. The number of likely N-dealkylation sites (N-methyl/N-ethyl adjacent to an activating group) is 1. The first kappa shape index (κ1) is 31.7. The average molecular weight is 519 g/mol. The number of benzene rings is 2. The summed E-state index contributed by atoms with van der Waals surface area (Å²) in [6, 6.07) is 14.3. The molecule has 0 spiro atoms. The molecule has 2 atom stereocenters. The van der Waals surface area contributed by atoms with E-state index in [2.05, 4.69) is 39.0 Å². The zero-order valence-electron chi connectivity index (χ0n) is 21.7. The summed E-state index contributed by atoms with van der Waals surface area (Å²) in [5, 5.41) is 39.5. The van der Waals surface area contributed by atoms with Crippen molar-refractivity contribution in [3.63, 3.8) is 0 Å². The molecule has 37 heavy (non-hydrogen) atoms. The van der Waals surface area contributed by atoms with E-state index in [1.54, 1.807) is 4.90 Å². The molecule has 0 aliphatic rings. The van der Waals surface area contributed by atoms with Crippen LogP contribution in [-0.4, -0.2) is 72.4 Å². The standard InChI is InChI=1S/C21H30N2O.C6H8O7/c1-4-7-15-23(17-16-22(5-2)6-3)21(24)20-14-10-12-18-11-8-9-13-19(18)20;7-3(8)1-6(13,5(11)12)2-4(9)10/h8-14H,4-7,15-17H2,1-3H3;13H,1-2H2,(H,7,8)(H,9,10)(H,11,12). The van der Waals surface area contributed by atoms with Crippen LogP contribution in [0.3, 0.4) is 0 Å². The molecule has 2 aromatic rings. The number of carbonyl (C=O) groups excluding carboxylic acids is 3. The van der Waals surface area contributed by atoms with Crippen molar-refractivity contribution < 1.29 is 49.4 Å². The molecule has 0 aliphatic carbocycles. The molecule has 0 bridgehead atoms. The molecule has 0 heterocycles. The number of carboxylic acids is 3. The quantitative estimate of drug-likeness (QED) is 0.216. The van der Waals surface area contributed by atoms with Crippen LogP contribution in [0.1, 0.15) is 56.8 Å². The summed E-state index contributed by atoms with van der Waals surface area (Å²) in [6.07, 6.45) is -0.338. The van der Waals surface area contributed by atoms with E-state index in [-0.39, 0.29) is 5.91 Å². The molecule has 10 heteroatoms. The largest absolute Gasteiger partial charge is 0.550 e. The molecule has 4 N–H and O–H groups in total. The second kappa shape index (κ2) is 15.7. The van der Waals surface area contributed by atoms with Crippen LogP contribution in [0.2, 0.25) is 0 Å². The Morgan fingerprint density at radius 3 is 2.03 bits per heavy atom. The molecule has 10 nitrogen and oxygen atoms in total. The lowest BCUT2D eigenvalue weighted by molar-refractivity contribution is -0.927. The molecule has 0 fully saturated rings. The fraction of sp³-hybridized carbons (Fsp3) is 0.481. The number of carboxylic acid groups (broad SMARTS) is 3. The SMILES string of the molecule is CCCC[NH+](CC[NH+](CC)CC)C(=O)c1cccc2ccccc12.O=C([O-])CC(O)(CC(=O)O)C(=O)[O-]. The van der Waals surface area contributed by atoms with Gasteiger partial charge in [0.05, 0.1) is 37.6 Å². The fourth-order valence-electron chi connectivity index (χ4n) is 3.98. The third-order valence-electron chi connectivity index (χ3n) is 6.23. The smallest absolute Gasteiger partial charge is 0.345 e. The van der Waals surface area contributed by atoms with Gasteiger partial charge in [-0.05, 0) is 37.1 Å². The molecule has 204 valence electrons. The van der Waals surface area contributed by atoms with Gasteiger partial charge in [-0.25, -0.2) is 4.79 Å². The number of carbonyl (C=O) groups is 4. The Kier molecular flexibility index (Phi) is 13.4. The number of aliphatic hydroxyl groups is 1. The van der Waals surface area contributed by atoms with Gasteiger partial charge in [0.25, 0.3) is 0 Å². The van der Waals surface area contributed by atoms with Gasteiger partial charge in [0.1, 0.15) is 18.7 Å². The van der Waals surface area contributed by atoms with Crippen molar-refractivity contribution in [2.75, 3.05) is 32.7 Å². The number of aliphatic carboxylic acids is 3. The third-order valence-corrected chi connectivity index (χ3v) is 6.23. The van der Waals surface area contributed by atoms with Gasteiger partial charge in [0.2, 0.25) is 0 Å². The molecular formula is C27H38N2O8. The van der Waals surface area contributed by atoms with E-state index < -0.39 is 36.4 Å². The van der Waals surface area contributed by atoms with E-state index >= 15 is 0 Å². The summed E-state index contributed by atoms with van der Waals surface area (Å²) in [5.41, 5.74) is -2.04. The lowest BCUT2D eigenvalue weighted by atomic mass is 9.96. The Labute approximate surface area is 217 Å². The van der Waals surface area contributed by atoms with Crippen LogP contribution in [0.5, 0.6) is 0 Å². The van der Waals surface area contributed by atoms with Crippen molar-refractivity contribution >= 4 is 34.6 Å². The first-order valence-corrected chi connectivity index (χ1v) is 12.5. The van der Waals surface area contributed by atoms with E-state index in [1.165, 1.54) is 0 Å². The van der Waals surface area contributed by atoms with Gasteiger partial charge in [-0.3, -0.25) is 9.69 Å². The van der Waals surface area contributed by atoms with Crippen LogP contribution in [0, 0.1) is 0 Å². The number of rotatable bonds is 14. The highest BCUT2D eigenvalue weighted by atomic mass is 16.4. The lowest BCUT2D eigenvalue weighted by Gasteiger charge is -2.27. The second-order valence-corrected chi connectivity index (χ2v) is 8.96. The van der Waals surface area contributed by atoms with E-state index in [0.717, 1.165) is 66.8 Å². The minimum Gasteiger partial charge on any atom is -0.550 e. The summed E-state index contributed by atoms with van der Waals surface area (Å²) in [5.74, 6) is -5.41. The van der Waals surface area contributed by atoms with Gasteiger partial charge in [-0.1, -0.05) is 49.7 Å². The molecule has 1 amide bonds. The van der Waals surface area contributed by atoms with Crippen LogP contribution in [-0.2, 0) is 14.4 Å². The van der Waals surface area contributed by atoms with Crippen LogP contribution in [0.25, 0.3) is 10.8 Å². The lowest BCUT2D eigenvalue weighted by Crippen LogP contribution is -3.21. The van der Waals surface area contributed by atoms with Crippen LogP contribution >= 0.6 is 0 Å². The van der Waals surface area contributed by atoms with Crippen molar-refractivity contribution in [2.24, 2.45) is 0 Å². The maximum absolute atomic E-state index is 13.2. The van der Waals surface area contributed by atoms with Crippen LogP contribution in [0.4, 0.5) is 0 Å². The minimum absolute atomic E-state index is 0.256. The summed E-state index contributed by atoms with van der Waals surface area (Å²) in [7, 11) is 0. The Hall–Kier alpha value is -3.34. The van der Waals surface area contributed by atoms with Gasteiger partial charge in [0.15, 0.2) is 0 Å². The summed E-state index contributed by atoms with van der Waals surface area (Å²) in [6.45, 7) is 11.8. The number of quaternary nitrogens is 2. The molecule has 0 radical (unpaired) electrons. The zero-order chi connectivity index (χ0) is 28.0. The number of fused-ring (bicyclic) bond motifs is 1. The maximum Gasteiger partial charge on any atom is 0.345 e. The minimum atomic E-state index is -2.91. The van der Waals surface area contributed by atoms with Crippen LogP contribution < -0.4 is 20.0 Å². The predicted molar refractivity (Wildman–Crippen MR) is 133 cm³/mol. The highest BCUT2D eigenvalue weighted by Crippen LogP contribution is 2.17. The van der Waals surface area contributed by atoms with Gasteiger partial charge >= 0.3 is 11.9 Å². The van der Waals surface area contributed by atoms with Crippen molar-refractivity contribution in [3.05, 3.63) is 48.0 Å². The Morgan fingerprint density at radius 1 is 0.865 bits per heavy atom. The number of unbranched alkanes of at least 4 members (excludes halogenated alkanes) is 1. The number of hydrogen-bond acceptors (Lipinski definition) is 7. The summed E-state index contributed by atoms with van der Waals surface area (Å²) < 4.78 is 0. The van der Waals surface area contributed by atoms with Gasteiger partial charge in [-0.2, -0.15) is 0 Å². The first-order chi connectivity index (χ1) is 17.5. The van der Waals surface area contributed by atoms with Crippen LogP contribution in [0.15, 0.2) is 42.5 Å². The molecule has 2 aromatic carbocycles. The van der Waals surface area contributed by atoms with Crippen molar-refractivity contribution in [2.45, 2.75) is 52.1 Å². The van der Waals surface area contributed by atoms with Gasteiger partial charge in [-0.15, -0.1) is 0 Å². The highest BCUT2D eigenvalue weighted by Gasteiger charge is 2.32. The third kappa shape index (κ3) is 10.3. The van der Waals surface area contributed by atoms with E-state index in [4.69, 9.17) is 10.2 Å². The highest BCUT2D eigenvalue weighted by molar-refractivity contribution is 6.03. The molecular weight excluding hydrogens is 480 g/mol. The summed E-state index contributed by atoms with van der Waals surface area (Å²) in [4.78, 5) is 46.0.